The van der Waals surface area contributed by atoms with Crippen LogP contribution in [0.3, 0.4) is 0 Å². The second kappa shape index (κ2) is 3.64. The third-order valence-electron chi connectivity index (χ3n) is 2.48. The molecule has 7 heteroatoms. The molecule has 1 aliphatic rings. The van der Waals surface area contributed by atoms with Crippen molar-refractivity contribution in [3.63, 3.8) is 0 Å². The molecule has 1 heterocycles. The minimum absolute atomic E-state index is 0.0776. The third-order valence-corrected chi connectivity index (χ3v) is 4.34. The van der Waals surface area contributed by atoms with Crippen molar-refractivity contribution in [1.29, 1.82) is 0 Å². The summed E-state index contributed by atoms with van der Waals surface area (Å²) >= 11 is 0. The fourth-order valence-electron chi connectivity index (χ4n) is 1.60. The quantitative estimate of drug-likeness (QED) is 0.742. The first kappa shape index (κ1) is 11.7. The van der Waals surface area contributed by atoms with Gasteiger partial charge in [-0.15, -0.1) is 0 Å². The minimum Gasteiger partial charge on any atom is -0.288 e. The van der Waals surface area contributed by atoms with Gasteiger partial charge in [-0.25, -0.2) is 12.7 Å². The van der Waals surface area contributed by atoms with Crippen molar-refractivity contribution in [3.05, 3.63) is 29.3 Å². The molecular weight excluding hydrogens is 244 g/mol. The first-order valence-corrected chi connectivity index (χ1v) is 6.21. The topological polar surface area (TPSA) is 83.6 Å². The molecule has 0 aliphatic carbocycles. The van der Waals surface area contributed by atoms with Crippen LogP contribution in [0.4, 0.5) is 0 Å². The minimum atomic E-state index is -3.74. The Balaban J connectivity index is 2.76. The normalized spacial score (nSPS) is 15.0. The van der Waals surface area contributed by atoms with Crippen LogP contribution in [0.5, 0.6) is 0 Å². The molecule has 2 amide bonds. The Kier molecular flexibility index (Phi) is 2.52. The summed E-state index contributed by atoms with van der Waals surface area (Å²) in [6.45, 7) is 0. The Bertz CT molecular complexity index is 619. The predicted octanol–water partition coefficient (Wildman–Crippen LogP) is -0.179. The van der Waals surface area contributed by atoms with E-state index < -0.39 is 21.8 Å². The van der Waals surface area contributed by atoms with Gasteiger partial charge in [0.15, 0.2) is 0 Å². The van der Waals surface area contributed by atoms with Crippen LogP contribution in [-0.4, -0.2) is 38.6 Å². The van der Waals surface area contributed by atoms with Gasteiger partial charge in [-0.2, -0.15) is 0 Å². The van der Waals surface area contributed by atoms with Gasteiger partial charge in [0, 0.05) is 14.1 Å². The Morgan fingerprint density at radius 1 is 1.12 bits per heavy atom. The predicted molar refractivity (Wildman–Crippen MR) is 59.1 cm³/mol. The first-order chi connectivity index (χ1) is 7.85. The molecule has 0 saturated carbocycles. The van der Waals surface area contributed by atoms with Crippen LogP contribution < -0.4 is 5.32 Å². The Labute approximate surface area is 98.3 Å². The van der Waals surface area contributed by atoms with Crippen molar-refractivity contribution in [2.45, 2.75) is 4.90 Å². The molecule has 6 nitrogen and oxygen atoms in total. The van der Waals surface area contributed by atoms with Crippen molar-refractivity contribution in [2.24, 2.45) is 0 Å². The highest BCUT2D eigenvalue weighted by atomic mass is 32.2. The number of nitrogens with zero attached hydrogens (tertiary/aromatic N) is 1. The van der Waals surface area contributed by atoms with Crippen LogP contribution in [0.2, 0.25) is 0 Å². The Morgan fingerprint density at radius 2 is 1.76 bits per heavy atom. The molecule has 90 valence electrons. The molecule has 1 aromatic rings. The van der Waals surface area contributed by atoms with Crippen LogP contribution >= 0.6 is 0 Å². The molecule has 1 aliphatic heterocycles. The number of sulfonamides is 1. The molecule has 0 bridgehead atoms. The number of carbonyl (C=O) groups excluding carboxylic acids is 2. The summed E-state index contributed by atoms with van der Waals surface area (Å²) in [6.07, 6.45) is 0. The average Bonchev–Trinajstić information content (AvgIpc) is 2.54. The molecular formula is C10H10N2O4S. The number of benzene rings is 1. The Hall–Kier alpha value is -1.73. The number of hydrogen-bond donors (Lipinski definition) is 1. The van der Waals surface area contributed by atoms with E-state index in [1.807, 2.05) is 0 Å². The summed E-state index contributed by atoms with van der Waals surface area (Å²) in [4.78, 5) is 22.8. The molecule has 2 rings (SSSR count). The van der Waals surface area contributed by atoms with Crippen LogP contribution in [0.1, 0.15) is 20.7 Å². The lowest BCUT2D eigenvalue weighted by Crippen LogP contribution is -2.25. The SMILES string of the molecule is CN(C)S(=O)(=O)c1cccc2c1C(=O)NC2=O. The van der Waals surface area contributed by atoms with Gasteiger partial charge in [0.25, 0.3) is 11.8 Å². The summed E-state index contributed by atoms with van der Waals surface area (Å²) < 4.78 is 25.0. The maximum absolute atomic E-state index is 12.0. The zero-order chi connectivity index (χ0) is 12.8. The molecule has 1 aromatic carbocycles. The highest BCUT2D eigenvalue weighted by molar-refractivity contribution is 7.89. The summed E-state index contributed by atoms with van der Waals surface area (Å²) in [5, 5.41) is 2.07. The molecule has 0 saturated heterocycles. The van der Waals surface area contributed by atoms with Crippen molar-refractivity contribution in [3.8, 4) is 0 Å². The lowest BCUT2D eigenvalue weighted by Gasteiger charge is -2.12. The molecule has 0 unspecified atom stereocenters. The van der Waals surface area contributed by atoms with Crippen LogP contribution in [0.15, 0.2) is 23.1 Å². The lowest BCUT2D eigenvalue weighted by atomic mass is 10.1. The van der Waals surface area contributed by atoms with Crippen LogP contribution in [-0.2, 0) is 10.0 Å². The zero-order valence-corrected chi connectivity index (χ0v) is 10.0. The van der Waals surface area contributed by atoms with E-state index >= 15 is 0 Å². The summed E-state index contributed by atoms with van der Waals surface area (Å²) in [5.41, 5.74) is 0.0177. The van der Waals surface area contributed by atoms with Gasteiger partial charge in [0.2, 0.25) is 10.0 Å². The van der Waals surface area contributed by atoms with Gasteiger partial charge in [0.1, 0.15) is 0 Å². The van der Waals surface area contributed by atoms with Gasteiger partial charge >= 0.3 is 0 Å². The maximum Gasteiger partial charge on any atom is 0.260 e. The molecule has 17 heavy (non-hydrogen) atoms. The second-order valence-corrected chi connectivity index (χ2v) is 5.87. The lowest BCUT2D eigenvalue weighted by molar-refractivity contribution is 0.0878. The largest absolute Gasteiger partial charge is 0.288 e. The fourth-order valence-corrected chi connectivity index (χ4v) is 2.70. The molecule has 1 N–H and O–H groups in total. The number of rotatable bonds is 2. The highest BCUT2D eigenvalue weighted by Gasteiger charge is 2.34. The number of fused-ring (bicyclic) bond motifs is 1. The number of hydrogen-bond acceptors (Lipinski definition) is 4. The summed E-state index contributed by atoms with van der Waals surface area (Å²) in [6, 6.07) is 4.17. The first-order valence-electron chi connectivity index (χ1n) is 4.77. The Morgan fingerprint density at radius 3 is 2.35 bits per heavy atom. The van der Waals surface area contributed by atoms with Gasteiger partial charge in [0.05, 0.1) is 16.0 Å². The fraction of sp³-hybridized carbons (Fsp3) is 0.200. The number of amides is 2. The zero-order valence-electron chi connectivity index (χ0n) is 9.22. The third kappa shape index (κ3) is 1.63. The van der Waals surface area contributed by atoms with Gasteiger partial charge in [-0.3, -0.25) is 14.9 Å². The molecule has 0 atom stereocenters. The summed E-state index contributed by atoms with van der Waals surface area (Å²) in [7, 11) is -1.01. The van der Waals surface area contributed by atoms with Crippen molar-refractivity contribution >= 4 is 21.8 Å². The van der Waals surface area contributed by atoms with Crippen LogP contribution in [0, 0.1) is 0 Å². The highest BCUT2D eigenvalue weighted by Crippen LogP contribution is 2.25. The molecule has 0 spiro atoms. The van der Waals surface area contributed by atoms with Gasteiger partial charge in [-0.1, -0.05) is 6.07 Å². The van der Waals surface area contributed by atoms with E-state index in [-0.39, 0.29) is 16.0 Å². The van der Waals surface area contributed by atoms with Gasteiger partial charge in [-0.05, 0) is 12.1 Å². The number of nitrogens with one attached hydrogen (secondary N) is 1. The number of carbonyl (C=O) groups is 2. The van der Waals surface area contributed by atoms with E-state index in [1.165, 1.54) is 32.3 Å². The van der Waals surface area contributed by atoms with E-state index in [0.717, 1.165) is 4.31 Å². The van der Waals surface area contributed by atoms with E-state index in [4.69, 9.17) is 0 Å². The van der Waals surface area contributed by atoms with E-state index in [0.29, 0.717) is 0 Å². The maximum atomic E-state index is 12.0. The van der Waals surface area contributed by atoms with Crippen molar-refractivity contribution < 1.29 is 18.0 Å². The monoisotopic (exact) mass is 254 g/mol. The average molecular weight is 254 g/mol. The van der Waals surface area contributed by atoms with Crippen LogP contribution in [0.25, 0.3) is 0 Å². The summed E-state index contributed by atoms with van der Waals surface area (Å²) in [5.74, 6) is -1.24. The molecule has 0 radical (unpaired) electrons. The van der Waals surface area contributed by atoms with Gasteiger partial charge < -0.3 is 0 Å². The van der Waals surface area contributed by atoms with E-state index in [9.17, 15) is 18.0 Å². The molecule has 0 aromatic heterocycles. The second-order valence-electron chi connectivity index (χ2n) is 3.75. The van der Waals surface area contributed by atoms with Crippen molar-refractivity contribution in [1.82, 2.24) is 9.62 Å². The standard InChI is InChI=1S/C10H10N2O4S/c1-12(2)17(15,16)7-5-3-4-6-8(7)10(14)11-9(6)13/h3-5H,1-2H3,(H,11,13,14). The van der Waals surface area contributed by atoms with Crippen molar-refractivity contribution in [2.75, 3.05) is 14.1 Å². The molecule has 0 fully saturated rings. The van der Waals surface area contributed by atoms with E-state index in [1.54, 1.807) is 0 Å². The number of imide groups is 1. The van der Waals surface area contributed by atoms with E-state index in [2.05, 4.69) is 5.32 Å². The smallest absolute Gasteiger partial charge is 0.260 e.